The van der Waals surface area contributed by atoms with E-state index in [2.05, 4.69) is 5.32 Å². The van der Waals surface area contributed by atoms with Crippen molar-refractivity contribution in [3.8, 4) is 5.75 Å². The van der Waals surface area contributed by atoms with Gasteiger partial charge >= 0.3 is 5.97 Å². The normalized spacial score (nSPS) is 19.0. The van der Waals surface area contributed by atoms with E-state index in [-0.39, 0.29) is 39.2 Å². The van der Waals surface area contributed by atoms with Crippen LogP contribution in [0.5, 0.6) is 5.75 Å². The smallest absolute Gasteiger partial charge is 0.341 e. The van der Waals surface area contributed by atoms with Crippen LogP contribution in [0.2, 0.25) is 5.02 Å². The zero-order valence-electron chi connectivity index (χ0n) is 12.5. The highest BCUT2D eigenvalue weighted by Crippen LogP contribution is 2.28. The molecule has 1 aliphatic rings. The predicted molar refractivity (Wildman–Crippen MR) is 92.7 cm³/mol. The first-order chi connectivity index (χ1) is 11.2. The molecule has 1 fully saturated rings. The number of benzene rings is 1. The van der Waals surface area contributed by atoms with Crippen molar-refractivity contribution in [3.63, 3.8) is 0 Å². The van der Waals surface area contributed by atoms with Gasteiger partial charge in [-0.1, -0.05) is 11.6 Å². The monoisotopic (exact) mass is 393 g/mol. The molecule has 1 aliphatic heterocycles. The van der Waals surface area contributed by atoms with Crippen LogP contribution in [0.4, 0.5) is 5.69 Å². The Bertz CT molecular complexity index is 737. The first-order valence-corrected chi connectivity index (χ1v) is 10.3. The zero-order valence-corrected chi connectivity index (χ0v) is 14.9. The molecule has 0 aliphatic carbocycles. The van der Waals surface area contributed by atoms with Crippen LogP contribution in [-0.2, 0) is 19.4 Å². The fraction of sp³-hybridized carbons (Fsp3) is 0.429. The van der Waals surface area contributed by atoms with E-state index >= 15 is 0 Å². The Balaban J connectivity index is 1.83. The van der Waals surface area contributed by atoms with Gasteiger partial charge in [0.1, 0.15) is 5.75 Å². The number of nitrogens with one attached hydrogen (secondary N) is 1. The molecule has 24 heavy (non-hydrogen) atoms. The first-order valence-electron chi connectivity index (χ1n) is 7.01. The van der Waals surface area contributed by atoms with Gasteiger partial charge in [0.25, 0.3) is 0 Å². The van der Waals surface area contributed by atoms with Gasteiger partial charge in [0, 0.05) is 10.9 Å². The van der Waals surface area contributed by atoms with Gasteiger partial charge in [-0.05, 0) is 24.6 Å². The number of rotatable bonds is 7. The molecule has 1 unspecified atom stereocenters. The van der Waals surface area contributed by atoms with Crippen molar-refractivity contribution in [1.29, 1.82) is 0 Å². The number of hydrogen-bond donors (Lipinski definition) is 2. The van der Waals surface area contributed by atoms with Crippen molar-refractivity contribution < 1.29 is 27.9 Å². The summed E-state index contributed by atoms with van der Waals surface area (Å²) in [5, 5.41) is 11.3. The van der Waals surface area contributed by atoms with Gasteiger partial charge in [-0.2, -0.15) is 0 Å². The minimum absolute atomic E-state index is 0.0452. The molecule has 1 amide bonds. The summed E-state index contributed by atoms with van der Waals surface area (Å²) in [6, 6.07) is 4.48. The number of ether oxygens (including phenoxy) is 1. The third-order valence-corrected chi connectivity index (χ3v) is 6.78. The van der Waals surface area contributed by atoms with E-state index in [4.69, 9.17) is 21.4 Å². The van der Waals surface area contributed by atoms with Crippen molar-refractivity contribution in [2.75, 3.05) is 29.2 Å². The zero-order chi connectivity index (χ0) is 17.7. The maximum Gasteiger partial charge on any atom is 0.341 e. The van der Waals surface area contributed by atoms with Gasteiger partial charge in [-0.25, -0.2) is 13.2 Å². The Kier molecular flexibility index (Phi) is 6.36. The van der Waals surface area contributed by atoms with Gasteiger partial charge in [-0.3, -0.25) is 4.79 Å². The molecule has 1 atom stereocenters. The Labute approximate surface area is 148 Å². The molecule has 0 saturated carbocycles. The van der Waals surface area contributed by atoms with Crippen molar-refractivity contribution >= 4 is 50.8 Å². The lowest BCUT2D eigenvalue weighted by Crippen LogP contribution is -2.17. The van der Waals surface area contributed by atoms with Crippen molar-refractivity contribution in [2.45, 2.75) is 11.7 Å². The standard InChI is InChI=1S/C14H16ClNO6S2/c15-11-5-9(1-2-12(11)22-6-14(18)19)16-13(17)7-23-10-3-4-24(20,21)8-10/h1-2,5,10H,3-4,6-8H2,(H,16,17)(H,18,19). The van der Waals surface area contributed by atoms with Crippen molar-refractivity contribution in [3.05, 3.63) is 23.2 Å². The number of carbonyl (C=O) groups excluding carboxylic acids is 1. The number of aliphatic carboxylic acids is 1. The molecule has 10 heteroatoms. The van der Waals surface area contributed by atoms with Crippen molar-refractivity contribution in [2.24, 2.45) is 0 Å². The molecule has 132 valence electrons. The number of anilines is 1. The highest BCUT2D eigenvalue weighted by Gasteiger charge is 2.28. The lowest BCUT2D eigenvalue weighted by atomic mass is 10.3. The summed E-state index contributed by atoms with van der Waals surface area (Å²) in [5.74, 6) is -0.724. The van der Waals surface area contributed by atoms with E-state index in [0.717, 1.165) is 0 Å². The molecule has 0 spiro atoms. The van der Waals surface area contributed by atoms with Crippen LogP contribution in [0.15, 0.2) is 18.2 Å². The number of carbonyl (C=O) groups is 2. The quantitative estimate of drug-likeness (QED) is 0.724. The summed E-state index contributed by atoms with van der Waals surface area (Å²) in [5.41, 5.74) is 0.451. The highest BCUT2D eigenvalue weighted by atomic mass is 35.5. The van der Waals surface area contributed by atoms with E-state index in [1.165, 1.54) is 23.9 Å². The minimum atomic E-state index is -2.95. The summed E-state index contributed by atoms with van der Waals surface area (Å²) in [4.78, 5) is 22.4. The minimum Gasteiger partial charge on any atom is -0.480 e. The number of sulfone groups is 1. The highest BCUT2D eigenvalue weighted by molar-refractivity contribution is 8.02. The fourth-order valence-corrected chi connectivity index (χ4v) is 5.80. The molecular weight excluding hydrogens is 378 g/mol. The largest absolute Gasteiger partial charge is 0.480 e. The SMILES string of the molecule is O=C(O)COc1ccc(NC(=O)CSC2CCS(=O)(=O)C2)cc1Cl. The van der Waals surface area contributed by atoms with E-state index in [0.29, 0.717) is 12.1 Å². The lowest BCUT2D eigenvalue weighted by Gasteiger charge is -2.10. The average Bonchev–Trinajstić information content (AvgIpc) is 2.83. The molecular formula is C14H16ClNO6S2. The number of amides is 1. The van der Waals surface area contributed by atoms with Crippen LogP contribution in [0.3, 0.4) is 0 Å². The molecule has 1 aromatic rings. The predicted octanol–water partition coefficient (Wildman–Crippen LogP) is 1.66. The number of carboxylic acid groups (broad SMARTS) is 1. The maximum absolute atomic E-state index is 11.9. The van der Waals surface area contributed by atoms with Gasteiger partial charge < -0.3 is 15.2 Å². The Morgan fingerprint density at radius 3 is 2.75 bits per heavy atom. The summed E-state index contributed by atoms with van der Waals surface area (Å²) in [6.07, 6.45) is 0.571. The van der Waals surface area contributed by atoms with Crippen LogP contribution in [0.25, 0.3) is 0 Å². The van der Waals surface area contributed by atoms with E-state index in [1.54, 1.807) is 6.07 Å². The molecule has 1 saturated heterocycles. The van der Waals surface area contributed by atoms with Gasteiger partial charge in [0.05, 0.1) is 22.3 Å². The second-order valence-electron chi connectivity index (χ2n) is 5.21. The molecule has 0 bridgehead atoms. The Morgan fingerprint density at radius 1 is 1.42 bits per heavy atom. The fourth-order valence-electron chi connectivity index (χ4n) is 2.12. The topological polar surface area (TPSA) is 110 Å². The Morgan fingerprint density at radius 2 is 2.17 bits per heavy atom. The third kappa shape index (κ3) is 5.88. The first kappa shape index (κ1) is 18.9. The summed E-state index contributed by atoms with van der Waals surface area (Å²) in [7, 11) is -2.95. The molecule has 2 rings (SSSR count). The third-order valence-electron chi connectivity index (χ3n) is 3.21. The Hall–Kier alpha value is -1.45. The van der Waals surface area contributed by atoms with Crippen LogP contribution in [0, 0.1) is 0 Å². The molecule has 2 N–H and O–H groups in total. The molecule has 1 heterocycles. The number of thioether (sulfide) groups is 1. The summed E-state index contributed by atoms with van der Waals surface area (Å²) < 4.78 is 27.7. The second-order valence-corrected chi connectivity index (χ2v) is 9.14. The summed E-state index contributed by atoms with van der Waals surface area (Å²) in [6.45, 7) is -0.508. The second kappa shape index (κ2) is 8.09. The van der Waals surface area contributed by atoms with Gasteiger partial charge in [0.2, 0.25) is 5.91 Å². The summed E-state index contributed by atoms with van der Waals surface area (Å²) >= 11 is 7.29. The molecule has 0 aromatic heterocycles. The molecule has 1 aromatic carbocycles. The van der Waals surface area contributed by atoms with E-state index in [9.17, 15) is 18.0 Å². The van der Waals surface area contributed by atoms with Crippen molar-refractivity contribution in [1.82, 2.24) is 0 Å². The molecule has 7 nitrogen and oxygen atoms in total. The van der Waals surface area contributed by atoms with E-state index in [1.807, 2.05) is 0 Å². The van der Waals surface area contributed by atoms with Crippen LogP contribution in [0.1, 0.15) is 6.42 Å². The van der Waals surface area contributed by atoms with Crippen LogP contribution >= 0.6 is 23.4 Å². The maximum atomic E-state index is 11.9. The van der Waals surface area contributed by atoms with Crippen LogP contribution in [-0.4, -0.2) is 54.5 Å². The van der Waals surface area contributed by atoms with Crippen LogP contribution < -0.4 is 10.1 Å². The van der Waals surface area contributed by atoms with Gasteiger partial charge in [0.15, 0.2) is 16.4 Å². The number of carboxylic acids is 1. The average molecular weight is 394 g/mol. The lowest BCUT2D eigenvalue weighted by molar-refractivity contribution is -0.139. The molecule has 0 radical (unpaired) electrons. The van der Waals surface area contributed by atoms with E-state index < -0.39 is 22.4 Å². The number of halogens is 1. The number of hydrogen-bond acceptors (Lipinski definition) is 6. The van der Waals surface area contributed by atoms with Gasteiger partial charge in [-0.15, -0.1) is 11.8 Å².